The lowest BCUT2D eigenvalue weighted by molar-refractivity contribution is -0.137. The quantitative estimate of drug-likeness (QED) is 0.385. The van der Waals surface area contributed by atoms with Crippen LogP contribution in [0, 0.1) is 0 Å². The smallest absolute Gasteiger partial charge is 0.317 e. The summed E-state index contributed by atoms with van der Waals surface area (Å²) in [5.41, 5.74) is 5.77. The highest BCUT2D eigenvalue weighted by atomic mass is 16.5. The van der Waals surface area contributed by atoms with E-state index >= 15 is 0 Å². The molecule has 3 rings (SSSR count). The van der Waals surface area contributed by atoms with Crippen LogP contribution >= 0.6 is 0 Å². The standard InChI is InChI=1S/C28H32N4O3/c1-31(2)25-15-9-21(10-16-25)7-13-23-20-24(30-28(29-23)35-19-5-6-27(33)34)14-8-22-11-17-26(18-12-22)32(3)4/h7-18,20H,5-6,19H2,1-4H3,(H,33,34)/b13-7+,14-8+. The molecular formula is C28H32N4O3. The number of ether oxygens (including phenoxy) is 1. The van der Waals surface area contributed by atoms with E-state index in [4.69, 9.17) is 9.84 Å². The number of rotatable bonds is 11. The first-order chi connectivity index (χ1) is 16.8. The number of benzene rings is 2. The van der Waals surface area contributed by atoms with Crippen LogP contribution in [0.1, 0.15) is 35.4 Å². The molecule has 7 nitrogen and oxygen atoms in total. The van der Waals surface area contributed by atoms with Crippen molar-refractivity contribution in [1.82, 2.24) is 9.97 Å². The van der Waals surface area contributed by atoms with Gasteiger partial charge in [0.25, 0.3) is 0 Å². The number of hydrogen-bond acceptors (Lipinski definition) is 6. The number of anilines is 2. The molecule has 1 aromatic heterocycles. The van der Waals surface area contributed by atoms with Gasteiger partial charge in [-0.1, -0.05) is 36.4 Å². The molecule has 7 heteroatoms. The van der Waals surface area contributed by atoms with Crippen molar-refractivity contribution in [3.05, 3.63) is 77.1 Å². The number of carboxylic acids is 1. The van der Waals surface area contributed by atoms with Crippen LogP contribution < -0.4 is 14.5 Å². The van der Waals surface area contributed by atoms with Gasteiger partial charge in [0.05, 0.1) is 18.0 Å². The van der Waals surface area contributed by atoms with Crippen molar-refractivity contribution in [2.45, 2.75) is 12.8 Å². The van der Waals surface area contributed by atoms with Gasteiger partial charge in [0, 0.05) is 46.0 Å². The molecule has 3 aromatic rings. The fraction of sp³-hybridized carbons (Fsp3) is 0.250. The van der Waals surface area contributed by atoms with E-state index in [1.807, 2.05) is 58.6 Å². The van der Waals surface area contributed by atoms with Gasteiger partial charge < -0.3 is 19.6 Å². The molecule has 35 heavy (non-hydrogen) atoms. The monoisotopic (exact) mass is 472 g/mol. The Morgan fingerprint density at radius 1 is 0.800 bits per heavy atom. The van der Waals surface area contributed by atoms with E-state index in [1.54, 1.807) is 0 Å². The molecule has 0 amide bonds. The summed E-state index contributed by atoms with van der Waals surface area (Å²) in [5, 5.41) is 8.84. The normalized spacial score (nSPS) is 11.2. The second-order valence-corrected chi connectivity index (χ2v) is 8.48. The predicted molar refractivity (Wildman–Crippen MR) is 144 cm³/mol. The zero-order valence-corrected chi connectivity index (χ0v) is 20.7. The molecule has 182 valence electrons. The van der Waals surface area contributed by atoms with Crippen molar-refractivity contribution < 1.29 is 14.6 Å². The molecule has 2 aromatic carbocycles. The van der Waals surface area contributed by atoms with Crippen LogP contribution in [0.2, 0.25) is 0 Å². The maximum Gasteiger partial charge on any atom is 0.317 e. The third-order valence-corrected chi connectivity index (χ3v) is 5.22. The highest BCUT2D eigenvalue weighted by Crippen LogP contribution is 2.18. The maximum atomic E-state index is 10.8. The van der Waals surface area contributed by atoms with Crippen molar-refractivity contribution in [2.75, 3.05) is 44.6 Å². The predicted octanol–water partition coefficient (Wildman–Crippen LogP) is 5.19. The van der Waals surface area contributed by atoms with Gasteiger partial charge in [-0.3, -0.25) is 4.79 Å². The molecule has 0 radical (unpaired) electrons. The van der Waals surface area contributed by atoms with E-state index in [1.165, 1.54) is 0 Å². The van der Waals surface area contributed by atoms with Crippen molar-refractivity contribution in [3.63, 3.8) is 0 Å². The lowest BCUT2D eigenvalue weighted by Gasteiger charge is -2.11. The summed E-state index contributed by atoms with van der Waals surface area (Å²) < 4.78 is 5.66. The van der Waals surface area contributed by atoms with Crippen molar-refractivity contribution >= 4 is 41.6 Å². The van der Waals surface area contributed by atoms with E-state index in [0.717, 1.165) is 22.5 Å². The minimum Gasteiger partial charge on any atom is -0.481 e. The Morgan fingerprint density at radius 3 is 1.66 bits per heavy atom. The van der Waals surface area contributed by atoms with E-state index in [-0.39, 0.29) is 19.0 Å². The lowest BCUT2D eigenvalue weighted by atomic mass is 10.1. The number of carboxylic acid groups (broad SMARTS) is 1. The molecule has 0 fully saturated rings. The van der Waals surface area contributed by atoms with Crippen LogP contribution in [-0.4, -0.2) is 55.8 Å². The Morgan fingerprint density at radius 2 is 1.26 bits per heavy atom. The molecule has 0 aliphatic heterocycles. The third kappa shape index (κ3) is 8.30. The minimum absolute atomic E-state index is 0.0399. The summed E-state index contributed by atoms with van der Waals surface area (Å²) in [6.07, 6.45) is 8.24. The van der Waals surface area contributed by atoms with Crippen molar-refractivity contribution in [2.24, 2.45) is 0 Å². The molecule has 0 bridgehead atoms. The van der Waals surface area contributed by atoms with Crippen LogP contribution in [0.4, 0.5) is 11.4 Å². The van der Waals surface area contributed by atoms with E-state index in [2.05, 4.69) is 68.3 Å². The fourth-order valence-corrected chi connectivity index (χ4v) is 3.21. The van der Waals surface area contributed by atoms with E-state index in [0.29, 0.717) is 17.8 Å². The number of nitrogens with zero attached hydrogens (tertiary/aromatic N) is 4. The van der Waals surface area contributed by atoms with Crippen LogP contribution in [0.5, 0.6) is 6.01 Å². The Balaban J connectivity index is 1.80. The topological polar surface area (TPSA) is 78.8 Å². The number of hydrogen-bond donors (Lipinski definition) is 1. The van der Waals surface area contributed by atoms with Gasteiger partial charge in [-0.15, -0.1) is 0 Å². The van der Waals surface area contributed by atoms with Crippen molar-refractivity contribution in [3.8, 4) is 6.01 Å². The van der Waals surface area contributed by atoms with Gasteiger partial charge in [0.1, 0.15) is 0 Å². The van der Waals surface area contributed by atoms with Gasteiger partial charge in [-0.05, 0) is 60.0 Å². The largest absolute Gasteiger partial charge is 0.481 e. The van der Waals surface area contributed by atoms with Crippen LogP contribution in [-0.2, 0) is 4.79 Å². The molecule has 0 spiro atoms. The highest BCUT2D eigenvalue weighted by molar-refractivity contribution is 5.73. The fourth-order valence-electron chi connectivity index (χ4n) is 3.21. The van der Waals surface area contributed by atoms with Gasteiger partial charge in [0.15, 0.2) is 0 Å². The summed E-state index contributed by atoms with van der Waals surface area (Å²) in [6, 6.07) is 18.6. The van der Waals surface area contributed by atoms with Crippen LogP contribution in [0.25, 0.3) is 24.3 Å². The first kappa shape index (κ1) is 25.5. The summed E-state index contributed by atoms with van der Waals surface area (Å²) in [4.78, 5) is 23.8. The van der Waals surface area contributed by atoms with Crippen LogP contribution in [0.15, 0.2) is 54.6 Å². The molecule has 0 aliphatic carbocycles. The molecule has 0 saturated heterocycles. The number of aliphatic carboxylic acids is 1. The Labute approximate surface area is 207 Å². The third-order valence-electron chi connectivity index (χ3n) is 5.22. The van der Waals surface area contributed by atoms with Gasteiger partial charge in [-0.2, -0.15) is 9.97 Å². The summed E-state index contributed by atoms with van der Waals surface area (Å²) in [6.45, 7) is 0.237. The zero-order chi connectivity index (χ0) is 25.2. The molecule has 0 atom stereocenters. The summed E-state index contributed by atoms with van der Waals surface area (Å²) in [7, 11) is 8.04. The Hall–Kier alpha value is -4.13. The molecule has 1 N–H and O–H groups in total. The second-order valence-electron chi connectivity index (χ2n) is 8.48. The Bertz CT molecular complexity index is 1090. The first-order valence-electron chi connectivity index (χ1n) is 11.4. The number of carbonyl (C=O) groups is 1. The average Bonchev–Trinajstić information content (AvgIpc) is 2.84. The van der Waals surface area contributed by atoms with Gasteiger partial charge in [0.2, 0.25) is 0 Å². The highest BCUT2D eigenvalue weighted by Gasteiger charge is 2.05. The van der Waals surface area contributed by atoms with Gasteiger partial charge >= 0.3 is 12.0 Å². The molecule has 1 heterocycles. The first-order valence-corrected chi connectivity index (χ1v) is 11.4. The molecular weight excluding hydrogens is 440 g/mol. The second kappa shape index (κ2) is 12.4. The van der Waals surface area contributed by atoms with E-state index in [9.17, 15) is 4.79 Å². The minimum atomic E-state index is -0.851. The SMILES string of the molecule is CN(C)c1ccc(/C=C/c2cc(/C=C/c3ccc(N(C)C)cc3)nc(OCCCC(=O)O)n2)cc1. The molecule has 0 aliphatic rings. The van der Waals surface area contributed by atoms with Crippen LogP contribution in [0.3, 0.4) is 0 Å². The van der Waals surface area contributed by atoms with Gasteiger partial charge in [-0.25, -0.2) is 0 Å². The maximum absolute atomic E-state index is 10.8. The summed E-state index contributed by atoms with van der Waals surface area (Å²) in [5.74, 6) is -0.851. The Kier molecular flexibility index (Phi) is 9.01. The number of aromatic nitrogens is 2. The average molecular weight is 473 g/mol. The van der Waals surface area contributed by atoms with Crippen molar-refractivity contribution in [1.29, 1.82) is 0 Å². The molecule has 0 saturated carbocycles. The lowest BCUT2D eigenvalue weighted by Crippen LogP contribution is -2.07. The molecule has 0 unspecified atom stereocenters. The summed E-state index contributed by atoms with van der Waals surface area (Å²) >= 11 is 0. The van der Waals surface area contributed by atoms with E-state index < -0.39 is 5.97 Å². The zero-order valence-electron chi connectivity index (χ0n) is 20.7.